The monoisotopic (exact) mass is 391 g/mol. The van der Waals surface area contributed by atoms with Crippen LogP contribution in [0, 0.1) is 5.82 Å². The summed E-state index contributed by atoms with van der Waals surface area (Å²) in [6.45, 7) is 0. The number of hydrogen-bond donors (Lipinski definition) is 1. The lowest BCUT2D eigenvalue weighted by atomic mass is 9.69. The van der Waals surface area contributed by atoms with Crippen molar-refractivity contribution in [2.24, 2.45) is 0 Å². The number of halogens is 2. The Morgan fingerprint density at radius 2 is 1.56 bits per heavy atom. The molecule has 1 aliphatic carbocycles. The Balaban J connectivity index is 0.00000261. The van der Waals surface area contributed by atoms with Gasteiger partial charge in [-0.05, 0) is 82.3 Å². The van der Waals surface area contributed by atoms with Crippen molar-refractivity contribution in [3.63, 3.8) is 0 Å². The highest BCUT2D eigenvalue weighted by atomic mass is 35.5. The first-order valence-corrected chi connectivity index (χ1v) is 9.59. The molecule has 1 saturated carbocycles. The summed E-state index contributed by atoms with van der Waals surface area (Å²) in [6.07, 6.45) is 6.00. The van der Waals surface area contributed by atoms with Crippen molar-refractivity contribution in [1.82, 2.24) is 4.90 Å². The second kappa shape index (κ2) is 9.18. The van der Waals surface area contributed by atoms with E-state index in [4.69, 9.17) is 0 Å². The molecule has 2 nitrogen and oxygen atoms in total. The van der Waals surface area contributed by atoms with Gasteiger partial charge < -0.3 is 10.0 Å². The van der Waals surface area contributed by atoms with E-state index in [-0.39, 0.29) is 23.8 Å². The fourth-order valence-electron chi connectivity index (χ4n) is 4.26. The lowest BCUT2D eigenvalue weighted by Gasteiger charge is -2.48. The number of benzene rings is 2. The van der Waals surface area contributed by atoms with Gasteiger partial charge in [-0.3, -0.25) is 0 Å². The lowest BCUT2D eigenvalue weighted by molar-refractivity contribution is -0.0490. The Hall–Kier alpha value is -1.42. The molecule has 1 aliphatic rings. The lowest BCUT2D eigenvalue weighted by Crippen LogP contribution is -2.52. The highest BCUT2D eigenvalue weighted by Gasteiger charge is 2.42. The normalized spacial score (nSPS) is 25.2. The average molecular weight is 392 g/mol. The molecule has 2 aromatic carbocycles. The van der Waals surface area contributed by atoms with E-state index in [0.717, 1.165) is 44.1 Å². The molecule has 0 aromatic heterocycles. The predicted octanol–water partition coefficient (Wildman–Crippen LogP) is 5.03. The Labute approximate surface area is 168 Å². The molecule has 0 unspecified atom stereocenters. The molecule has 0 aliphatic heterocycles. The second-order valence-corrected chi connectivity index (χ2v) is 8.14. The van der Waals surface area contributed by atoms with Crippen molar-refractivity contribution in [2.45, 2.75) is 56.1 Å². The Bertz CT molecular complexity index is 711. The first kappa shape index (κ1) is 21.9. The summed E-state index contributed by atoms with van der Waals surface area (Å²) >= 11 is 0. The summed E-state index contributed by atoms with van der Waals surface area (Å²) in [5.41, 5.74) is 1.79. The standard InChI is InChI=1S/C23H30FNO.ClH/c1-25(2)22(18-20-7-4-3-5-8-20)13-15-23(26,16-14-22)12-11-19-9-6-10-21(24)17-19;/h3-10,17,26H,11-16,18H2,1-2H3;1H. The van der Waals surface area contributed by atoms with Crippen LogP contribution in [-0.2, 0) is 12.8 Å². The molecule has 0 amide bonds. The van der Waals surface area contributed by atoms with E-state index in [0.29, 0.717) is 6.42 Å². The van der Waals surface area contributed by atoms with Gasteiger partial charge in [0.25, 0.3) is 0 Å². The zero-order valence-corrected chi connectivity index (χ0v) is 17.1. The first-order valence-electron chi connectivity index (χ1n) is 9.59. The molecular formula is C23H31ClFNO. The van der Waals surface area contributed by atoms with Gasteiger partial charge in [-0.1, -0.05) is 42.5 Å². The van der Waals surface area contributed by atoms with Gasteiger partial charge in [-0.2, -0.15) is 0 Å². The number of aryl methyl sites for hydroxylation is 1. The largest absolute Gasteiger partial charge is 0.390 e. The Kier molecular flexibility index (Phi) is 7.44. The number of hydrogen-bond acceptors (Lipinski definition) is 2. The van der Waals surface area contributed by atoms with E-state index < -0.39 is 5.60 Å². The smallest absolute Gasteiger partial charge is 0.123 e. The van der Waals surface area contributed by atoms with Crippen LogP contribution < -0.4 is 0 Å². The molecular weight excluding hydrogens is 361 g/mol. The minimum absolute atomic E-state index is 0. The van der Waals surface area contributed by atoms with E-state index in [9.17, 15) is 9.50 Å². The average Bonchev–Trinajstić information content (AvgIpc) is 2.63. The molecule has 4 heteroatoms. The summed E-state index contributed by atoms with van der Waals surface area (Å²) < 4.78 is 13.4. The van der Waals surface area contributed by atoms with Gasteiger partial charge in [-0.15, -0.1) is 12.4 Å². The molecule has 2 aromatic rings. The fourth-order valence-corrected chi connectivity index (χ4v) is 4.26. The molecule has 1 N–H and O–H groups in total. The topological polar surface area (TPSA) is 23.5 Å². The van der Waals surface area contributed by atoms with Gasteiger partial charge in [0.1, 0.15) is 5.82 Å². The van der Waals surface area contributed by atoms with Crippen LogP contribution in [0.2, 0.25) is 0 Å². The summed E-state index contributed by atoms with van der Waals surface area (Å²) in [7, 11) is 4.31. The van der Waals surface area contributed by atoms with Crippen LogP contribution in [0.4, 0.5) is 4.39 Å². The molecule has 0 heterocycles. The molecule has 148 valence electrons. The number of aliphatic hydroxyl groups is 1. The molecule has 1 fully saturated rings. The first-order chi connectivity index (χ1) is 12.4. The van der Waals surface area contributed by atoms with Crippen LogP contribution in [0.5, 0.6) is 0 Å². The minimum atomic E-state index is -0.636. The van der Waals surface area contributed by atoms with E-state index in [1.165, 1.54) is 11.6 Å². The van der Waals surface area contributed by atoms with Crippen LogP contribution in [0.3, 0.4) is 0 Å². The van der Waals surface area contributed by atoms with Crippen LogP contribution in [0.25, 0.3) is 0 Å². The van der Waals surface area contributed by atoms with Gasteiger partial charge in [0.15, 0.2) is 0 Å². The number of nitrogens with zero attached hydrogens (tertiary/aromatic N) is 1. The van der Waals surface area contributed by atoms with Crippen molar-refractivity contribution < 1.29 is 9.50 Å². The van der Waals surface area contributed by atoms with Crippen molar-refractivity contribution in [2.75, 3.05) is 14.1 Å². The molecule has 27 heavy (non-hydrogen) atoms. The van der Waals surface area contributed by atoms with E-state index in [2.05, 4.69) is 49.3 Å². The zero-order chi connectivity index (χ0) is 18.6. The Morgan fingerprint density at radius 3 is 2.15 bits per heavy atom. The van der Waals surface area contributed by atoms with Crippen molar-refractivity contribution >= 4 is 12.4 Å². The Morgan fingerprint density at radius 1 is 0.926 bits per heavy atom. The summed E-state index contributed by atoms with van der Waals surface area (Å²) in [4.78, 5) is 2.34. The number of likely N-dealkylation sites (N-methyl/N-ethyl adjacent to an activating group) is 1. The van der Waals surface area contributed by atoms with Gasteiger partial charge in [-0.25, -0.2) is 4.39 Å². The second-order valence-electron chi connectivity index (χ2n) is 8.14. The van der Waals surface area contributed by atoms with Gasteiger partial charge >= 0.3 is 0 Å². The van der Waals surface area contributed by atoms with Gasteiger partial charge in [0, 0.05) is 5.54 Å². The van der Waals surface area contributed by atoms with Crippen LogP contribution in [0.15, 0.2) is 54.6 Å². The molecule has 0 atom stereocenters. The SMILES string of the molecule is CN(C)C1(Cc2ccccc2)CCC(O)(CCc2cccc(F)c2)CC1.Cl. The molecule has 0 radical (unpaired) electrons. The maximum Gasteiger partial charge on any atom is 0.123 e. The van der Waals surface area contributed by atoms with Gasteiger partial charge in [0.2, 0.25) is 0 Å². The molecule has 0 saturated heterocycles. The third-order valence-corrected chi connectivity index (χ3v) is 6.20. The highest BCUT2D eigenvalue weighted by Crippen LogP contribution is 2.41. The summed E-state index contributed by atoms with van der Waals surface area (Å²) in [5.74, 6) is -0.201. The van der Waals surface area contributed by atoms with Crippen LogP contribution in [0.1, 0.15) is 43.2 Å². The van der Waals surface area contributed by atoms with Crippen molar-refractivity contribution in [3.05, 3.63) is 71.5 Å². The van der Waals surface area contributed by atoms with Crippen LogP contribution >= 0.6 is 12.4 Å². The molecule has 0 bridgehead atoms. The third kappa shape index (κ3) is 5.54. The predicted molar refractivity (Wildman–Crippen MR) is 112 cm³/mol. The molecule has 0 spiro atoms. The zero-order valence-electron chi connectivity index (χ0n) is 16.3. The summed E-state index contributed by atoms with van der Waals surface area (Å²) in [5, 5.41) is 11.1. The maximum absolute atomic E-state index is 13.4. The van der Waals surface area contributed by atoms with E-state index in [1.54, 1.807) is 12.1 Å². The maximum atomic E-state index is 13.4. The minimum Gasteiger partial charge on any atom is -0.390 e. The van der Waals surface area contributed by atoms with Crippen LogP contribution in [-0.4, -0.2) is 35.2 Å². The summed E-state index contributed by atoms with van der Waals surface area (Å²) in [6, 6.07) is 17.3. The fraction of sp³-hybridized carbons (Fsp3) is 0.478. The molecule has 3 rings (SSSR count). The van der Waals surface area contributed by atoms with E-state index in [1.807, 2.05) is 6.07 Å². The van der Waals surface area contributed by atoms with Gasteiger partial charge in [0.05, 0.1) is 5.60 Å². The van der Waals surface area contributed by atoms with Crippen molar-refractivity contribution in [1.29, 1.82) is 0 Å². The number of rotatable bonds is 6. The third-order valence-electron chi connectivity index (χ3n) is 6.20. The van der Waals surface area contributed by atoms with Crippen molar-refractivity contribution in [3.8, 4) is 0 Å². The van der Waals surface area contributed by atoms with E-state index >= 15 is 0 Å². The quantitative estimate of drug-likeness (QED) is 0.746. The highest BCUT2D eigenvalue weighted by molar-refractivity contribution is 5.85.